The molecule has 0 aliphatic carbocycles. The highest BCUT2D eigenvalue weighted by Gasteiger charge is 2.09. The van der Waals surface area contributed by atoms with Gasteiger partial charge < -0.3 is 16.2 Å². The summed E-state index contributed by atoms with van der Waals surface area (Å²) in [5, 5.41) is 11.5. The Morgan fingerprint density at radius 2 is 1.32 bits per heavy atom. The van der Waals surface area contributed by atoms with Crippen LogP contribution in [-0.2, 0) is 4.79 Å². The van der Waals surface area contributed by atoms with Crippen molar-refractivity contribution in [2.24, 2.45) is 5.73 Å². The van der Waals surface area contributed by atoms with Crippen LogP contribution in [0.25, 0.3) is 0 Å². The maximum atomic E-state index is 11.3. The summed E-state index contributed by atoms with van der Waals surface area (Å²) in [5.74, 6) is -0.249. The second-order valence-corrected chi connectivity index (χ2v) is 5.97. The van der Waals surface area contributed by atoms with Crippen molar-refractivity contribution in [2.75, 3.05) is 13.2 Å². The van der Waals surface area contributed by atoms with Crippen LogP contribution in [0.15, 0.2) is 0 Å². The van der Waals surface area contributed by atoms with E-state index in [4.69, 9.17) is 10.8 Å². The first kappa shape index (κ1) is 23.9. The molecule has 0 rings (SSSR count). The summed E-state index contributed by atoms with van der Waals surface area (Å²) in [5.41, 5.74) is 5.40. The molecule has 5 heteroatoms. The van der Waals surface area contributed by atoms with Crippen LogP contribution in [0.3, 0.4) is 0 Å². The van der Waals surface area contributed by atoms with E-state index in [9.17, 15) is 4.79 Å². The third kappa shape index (κ3) is 16.1. The van der Waals surface area contributed by atoms with E-state index in [1.54, 1.807) is 0 Å². The van der Waals surface area contributed by atoms with Crippen molar-refractivity contribution in [3.8, 4) is 0 Å². The number of aliphatic hydroxyl groups excluding tert-OH is 1. The standard InChI is InChI=1S/C17H36N2O2.ClH/c1-2-3-4-5-6-7-8-9-10-11-12-13-14-19-17(21)16(18)15-20;/h16,20H,2-15,18H2,1H3,(H,19,21);1H/t16-;/m0./s1. The third-order valence-electron chi connectivity index (χ3n) is 3.86. The normalized spacial score (nSPS) is 11.8. The van der Waals surface area contributed by atoms with Gasteiger partial charge in [0.15, 0.2) is 0 Å². The minimum absolute atomic E-state index is 0. The Kier molecular flexibility index (Phi) is 20.4. The van der Waals surface area contributed by atoms with Crippen LogP contribution in [0.2, 0.25) is 0 Å². The Labute approximate surface area is 143 Å². The number of aliphatic hydroxyl groups is 1. The molecule has 1 amide bonds. The smallest absolute Gasteiger partial charge is 0.239 e. The minimum atomic E-state index is -0.776. The third-order valence-corrected chi connectivity index (χ3v) is 3.86. The zero-order valence-electron chi connectivity index (χ0n) is 14.3. The van der Waals surface area contributed by atoms with Gasteiger partial charge in [-0.15, -0.1) is 12.4 Å². The zero-order chi connectivity index (χ0) is 15.8. The molecule has 22 heavy (non-hydrogen) atoms. The maximum absolute atomic E-state index is 11.3. The van der Waals surface area contributed by atoms with E-state index in [1.165, 1.54) is 64.2 Å². The Morgan fingerprint density at radius 1 is 0.909 bits per heavy atom. The second-order valence-electron chi connectivity index (χ2n) is 5.97. The summed E-state index contributed by atoms with van der Waals surface area (Å²) in [6, 6.07) is -0.776. The van der Waals surface area contributed by atoms with E-state index in [0.29, 0.717) is 6.54 Å². The molecule has 0 fully saturated rings. The van der Waals surface area contributed by atoms with Crippen molar-refractivity contribution in [1.29, 1.82) is 0 Å². The molecule has 0 saturated heterocycles. The molecule has 0 aliphatic rings. The van der Waals surface area contributed by atoms with Gasteiger partial charge in [0.25, 0.3) is 0 Å². The fourth-order valence-electron chi connectivity index (χ4n) is 2.39. The summed E-state index contributed by atoms with van der Waals surface area (Å²) in [6.45, 7) is 2.64. The highest BCUT2D eigenvalue weighted by molar-refractivity contribution is 5.85. The van der Waals surface area contributed by atoms with Crippen molar-refractivity contribution in [2.45, 2.75) is 90.0 Å². The average molecular weight is 337 g/mol. The summed E-state index contributed by atoms with van der Waals surface area (Å²) in [7, 11) is 0. The number of hydrogen-bond acceptors (Lipinski definition) is 3. The number of hydrogen-bond donors (Lipinski definition) is 3. The van der Waals surface area contributed by atoms with E-state index >= 15 is 0 Å². The predicted octanol–water partition coefficient (Wildman–Crippen LogP) is 3.55. The fourth-order valence-corrected chi connectivity index (χ4v) is 2.39. The lowest BCUT2D eigenvalue weighted by Crippen LogP contribution is -2.43. The van der Waals surface area contributed by atoms with E-state index in [2.05, 4.69) is 12.2 Å². The van der Waals surface area contributed by atoms with E-state index in [1.807, 2.05) is 0 Å². The summed E-state index contributed by atoms with van der Waals surface area (Å²) in [4.78, 5) is 11.3. The number of halogens is 1. The van der Waals surface area contributed by atoms with Gasteiger partial charge in [-0.05, 0) is 6.42 Å². The molecule has 0 heterocycles. The second kappa shape index (κ2) is 18.7. The van der Waals surface area contributed by atoms with Crippen molar-refractivity contribution in [3.63, 3.8) is 0 Å². The van der Waals surface area contributed by atoms with E-state index in [0.717, 1.165) is 12.8 Å². The Morgan fingerprint density at radius 3 is 1.73 bits per heavy atom. The largest absolute Gasteiger partial charge is 0.394 e. The van der Waals surface area contributed by atoms with E-state index in [-0.39, 0.29) is 24.9 Å². The molecule has 0 aromatic carbocycles. The van der Waals surface area contributed by atoms with Crippen LogP contribution in [-0.4, -0.2) is 30.2 Å². The maximum Gasteiger partial charge on any atom is 0.239 e. The first-order chi connectivity index (χ1) is 10.2. The molecule has 0 radical (unpaired) electrons. The molecule has 134 valence electrons. The molecule has 4 N–H and O–H groups in total. The summed E-state index contributed by atoms with van der Waals surface area (Å²) in [6.07, 6.45) is 15.7. The van der Waals surface area contributed by atoms with Crippen molar-refractivity contribution >= 4 is 18.3 Å². The SMILES string of the molecule is CCCCCCCCCCCCCCNC(=O)[C@@H](N)CO.Cl. The number of nitrogens with one attached hydrogen (secondary N) is 1. The van der Waals surface area contributed by atoms with Crippen LogP contribution >= 0.6 is 12.4 Å². The molecular weight excluding hydrogens is 300 g/mol. The number of rotatable bonds is 15. The van der Waals surface area contributed by atoms with Crippen LogP contribution in [0, 0.1) is 0 Å². The molecule has 0 aromatic heterocycles. The summed E-state index contributed by atoms with van der Waals surface area (Å²) >= 11 is 0. The van der Waals surface area contributed by atoms with E-state index < -0.39 is 6.04 Å². The summed E-state index contributed by atoms with van der Waals surface area (Å²) < 4.78 is 0. The molecule has 0 aliphatic heterocycles. The predicted molar refractivity (Wildman–Crippen MR) is 96.4 cm³/mol. The molecular formula is C17H37ClN2O2. The van der Waals surface area contributed by atoms with Crippen LogP contribution in [0.5, 0.6) is 0 Å². The van der Waals surface area contributed by atoms with Crippen molar-refractivity contribution in [3.05, 3.63) is 0 Å². The zero-order valence-corrected chi connectivity index (χ0v) is 15.1. The van der Waals surface area contributed by atoms with Gasteiger partial charge in [-0.1, -0.05) is 77.6 Å². The lowest BCUT2D eigenvalue weighted by Gasteiger charge is -2.09. The number of unbranched alkanes of at least 4 members (excludes halogenated alkanes) is 11. The van der Waals surface area contributed by atoms with Gasteiger partial charge in [-0.3, -0.25) is 4.79 Å². The van der Waals surface area contributed by atoms with Crippen LogP contribution in [0.1, 0.15) is 84.0 Å². The molecule has 0 unspecified atom stereocenters. The van der Waals surface area contributed by atoms with Gasteiger partial charge in [-0.25, -0.2) is 0 Å². The van der Waals surface area contributed by atoms with Crippen LogP contribution < -0.4 is 11.1 Å². The lowest BCUT2D eigenvalue weighted by atomic mass is 10.1. The number of nitrogens with two attached hydrogens (primary N) is 1. The minimum Gasteiger partial charge on any atom is -0.394 e. The van der Waals surface area contributed by atoms with Gasteiger partial charge in [0.05, 0.1) is 6.61 Å². The first-order valence-electron chi connectivity index (χ1n) is 8.86. The number of carbonyl (C=O) groups excluding carboxylic acids is 1. The molecule has 0 aromatic rings. The van der Waals surface area contributed by atoms with Gasteiger partial charge in [-0.2, -0.15) is 0 Å². The highest BCUT2D eigenvalue weighted by atomic mass is 35.5. The first-order valence-corrected chi connectivity index (χ1v) is 8.86. The quantitative estimate of drug-likeness (QED) is 0.400. The van der Waals surface area contributed by atoms with Crippen LogP contribution in [0.4, 0.5) is 0 Å². The fraction of sp³-hybridized carbons (Fsp3) is 0.941. The van der Waals surface area contributed by atoms with Crippen molar-refractivity contribution in [1.82, 2.24) is 5.32 Å². The Hall–Kier alpha value is -0.320. The van der Waals surface area contributed by atoms with Gasteiger partial charge in [0, 0.05) is 6.54 Å². The lowest BCUT2D eigenvalue weighted by molar-refractivity contribution is -0.123. The highest BCUT2D eigenvalue weighted by Crippen LogP contribution is 2.11. The number of carbonyl (C=O) groups is 1. The molecule has 0 saturated carbocycles. The van der Waals surface area contributed by atoms with Crippen molar-refractivity contribution < 1.29 is 9.90 Å². The molecule has 0 bridgehead atoms. The molecule has 0 spiro atoms. The van der Waals surface area contributed by atoms with Gasteiger partial charge in [0.1, 0.15) is 6.04 Å². The van der Waals surface area contributed by atoms with Gasteiger partial charge in [0.2, 0.25) is 5.91 Å². The molecule has 4 nitrogen and oxygen atoms in total. The van der Waals surface area contributed by atoms with Gasteiger partial charge >= 0.3 is 0 Å². The monoisotopic (exact) mass is 336 g/mol. The molecule has 1 atom stereocenters. The topological polar surface area (TPSA) is 75.4 Å². The average Bonchev–Trinajstić information content (AvgIpc) is 2.50. The Balaban J connectivity index is 0. The Bertz CT molecular complexity index is 241. The number of amides is 1.